The molecule has 2 saturated carbocycles. The lowest BCUT2D eigenvalue weighted by atomic mass is 9.78. The van der Waals surface area contributed by atoms with Gasteiger partial charge in [0.2, 0.25) is 0 Å². The summed E-state index contributed by atoms with van der Waals surface area (Å²) in [6, 6.07) is 10.7. The van der Waals surface area contributed by atoms with E-state index in [1.165, 1.54) is 24.8 Å². The molecule has 0 radical (unpaired) electrons. The zero-order valence-corrected chi connectivity index (χ0v) is 11.3. The predicted octanol–water partition coefficient (Wildman–Crippen LogP) is 4.08. The number of ketones is 1. The van der Waals surface area contributed by atoms with Gasteiger partial charge in [-0.05, 0) is 50.0 Å². The van der Waals surface area contributed by atoms with Crippen LogP contribution in [0, 0.1) is 11.3 Å². The van der Waals surface area contributed by atoms with Gasteiger partial charge in [-0.25, -0.2) is 0 Å². The van der Waals surface area contributed by atoms with E-state index >= 15 is 0 Å². The topological polar surface area (TPSA) is 17.1 Å². The fourth-order valence-corrected chi connectivity index (χ4v) is 4.33. The molecule has 0 saturated heterocycles. The van der Waals surface area contributed by atoms with E-state index in [0.717, 1.165) is 25.7 Å². The molecule has 3 aliphatic carbocycles. The zero-order valence-electron chi connectivity index (χ0n) is 11.3. The Morgan fingerprint density at radius 1 is 1.16 bits per heavy atom. The maximum absolute atomic E-state index is 12.3. The lowest BCUT2D eigenvalue weighted by Crippen LogP contribution is -2.15. The summed E-state index contributed by atoms with van der Waals surface area (Å²) in [6.07, 6.45) is 7.93. The van der Waals surface area contributed by atoms with Crippen LogP contribution in [0.25, 0.3) is 0 Å². The third-order valence-corrected chi connectivity index (χ3v) is 5.31. The van der Waals surface area contributed by atoms with Gasteiger partial charge in [-0.1, -0.05) is 41.5 Å². The van der Waals surface area contributed by atoms with E-state index in [-0.39, 0.29) is 5.41 Å². The predicted molar refractivity (Wildman–Crippen MR) is 75.8 cm³/mol. The number of hydrogen-bond acceptors (Lipinski definition) is 1. The minimum atomic E-state index is 0.0369. The van der Waals surface area contributed by atoms with Crippen LogP contribution in [0.15, 0.2) is 41.5 Å². The van der Waals surface area contributed by atoms with Crippen molar-refractivity contribution in [2.24, 2.45) is 11.3 Å². The molecule has 0 bridgehead atoms. The molecule has 1 unspecified atom stereocenters. The highest BCUT2D eigenvalue weighted by Crippen LogP contribution is 2.64. The van der Waals surface area contributed by atoms with E-state index < -0.39 is 0 Å². The normalized spacial score (nSPS) is 27.8. The first kappa shape index (κ1) is 11.5. The fourth-order valence-electron chi connectivity index (χ4n) is 4.33. The van der Waals surface area contributed by atoms with E-state index in [0.29, 0.717) is 11.7 Å². The Bertz CT molecular complexity index is 548. The second kappa shape index (κ2) is 4.06. The van der Waals surface area contributed by atoms with Crippen LogP contribution in [0.5, 0.6) is 0 Å². The molecule has 98 valence electrons. The standard InChI is InChI=1S/C18H20O/c19-16-12-15-8-4-7-14(17(15)18(16)9-10-18)11-13-5-2-1-3-6-13/h1-3,5-6,15H,4,7-12H2. The maximum atomic E-state index is 12.3. The third kappa shape index (κ3) is 1.71. The summed E-state index contributed by atoms with van der Waals surface area (Å²) < 4.78 is 0. The van der Waals surface area contributed by atoms with Gasteiger partial charge in [0, 0.05) is 6.42 Å². The molecule has 0 N–H and O–H groups in total. The van der Waals surface area contributed by atoms with Crippen molar-refractivity contribution in [3.05, 3.63) is 47.0 Å². The highest BCUT2D eigenvalue weighted by molar-refractivity contribution is 5.95. The van der Waals surface area contributed by atoms with Crippen molar-refractivity contribution in [1.29, 1.82) is 0 Å². The van der Waals surface area contributed by atoms with Gasteiger partial charge in [-0.3, -0.25) is 4.79 Å². The molecule has 0 aliphatic heterocycles. The summed E-state index contributed by atoms with van der Waals surface area (Å²) in [5, 5.41) is 0. The molecule has 0 amide bonds. The number of allylic oxidation sites excluding steroid dienone is 2. The molecule has 1 heteroatoms. The van der Waals surface area contributed by atoms with Gasteiger partial charge in [-0.15, -0.1) is 0 Å². The smallest absolute Gasteiger partial charge is 0.143 e. The SMILES string of the molecule is O=C1CC2CCCC(Cc3ccccc3)=C2C12CC2. The highest BCUT2D eigenvalue weighted by atomic mass is 16.1. The number of fused-ring (bicyclic) bond motifs is 2. The molecule has 2 fully saturated rings. The minimum Gasteiger partial charge on any atom is -0.299 e. The number of rotatable bonds is 2. The van der Waals surface area contributed by atoms with Crippen LogP contribution < -0.4 is 0 Å². The van der Waals surface area contributed by atoms with Crippen LogP contribution in [0.2, 0.25) is 0 Å². The Morgan fingerprint density at radius 2 is 1.95 bits per heavy atom. The Kier molecular flexibility index (Phi) is 2.45. The van der Waals surface area contributed by atoms with Crippen molar-refractivity contribution in [1.82, 2.24) is 0 Å². The first-order valence-electron chi connectivity index (χ1n) is 7.59. The summed E-state index contributed by atoms with van der Waals surface area (Å²) in [5.41, 5.74) is 4.63. The largest absolute Gasteiger partial charge is 0.299 e. The van der Waals surface area contributed by atoms with Crippen molar-refractivity contribution < 1.29 is 4.79 Å². The maximum Gasteiger partial charge on any atom is 0.143 e. The Hall–Kier alpha value is -1.37. The lowest BCUT2D eigenvalue weighted by Gasteiger charge is -2.26. The molecule has 1 nitrogen and oxygen atoms in total. The van der Waals surface area contributed by atoms with Gasteiger partial charge in [0.15, 0.2) is 0 Å². The van der Waals surface area contributed by atoms with E-state index in [1.54, 1.807) is 11.1 Å². The molecular formula is C18H20O. The molecule has 0 aromatic heterocycles. The van der Waals surface area contributed by atoms with Crippen LogP contribution >= 0.6 is 0 Å². The third-order valence-electron chi connectivity index (χ3n) is 5.31. The van der Waals surface area contributed by atoms with Crippen molar-refractivity contribution >= 4 is 5.78 Å². The van der Waals surface area contributed by atoms with Gasteiger partial charge in [-0.2, -0.15) is 0 Å². The molecule has 4 rings (SSSR count). The van der Waals surface area contributed by atoms with Gasteiger partial charge >= 0.3 is 0 Å². The molecule has 0 heterocycles. The number of carbonyl (C=O) groups is 1. The number of Topliss-reactive ketones (excluding diaryl/α,β-unsaturated/α-hetero) is 1. The lowest BCUT2D eigenvalue weighted by molar-refractivity contribution is -0.121. The quantitative estimate of drug-likeness (QED) is 0.725. The number of benzene rings is 1. The van der Waals surface area contributed by atoms with Crippen LogP contribution in [0.3, 0.4) is 0 Å². The van der Waals surface area contributed by atoms with E-state index in [1.807, 2.05) is 0 Å². The fraction of sp³-hybridized carbons (Fsp3) is 0.500. The molecule has 19 heavy (non-hydrogen) atoms. The monoisotopic (exact) mass is 252 g/mol. The average molecular weight is 252 g/mol. The Morgan fingerprint density at radius 3 is 2.68 bits per heavy atom. The van der Waals surface area contributed by atoms with Crippen LogP contribution in [0.1, 0.15) is 44.1 Å². The van der Waals surface area contributed by atoms with Crippen LogP contribution in [-0.4, -0.2) is 5.78 Å². The summed E-state index contributed by atoms with van der Waals surface area (Å²) in [5.74, 6) is 1.16. The van der Waals surface area contributed by atoms with Crippen molar-refractivity contribution in [2.45, 2.75) is 44.9 Å². The van der Waals surface area contributed by atoms with Gasteiger partial charge in [0.1, 0.15) is 5.78 Å². The van der Waals surface area contributed by atoms with Gasteiger partial charge < -0.3 is 0 Å². The van der Waals surface area contributed by atoms with E-state index in [4.69, 9.17) is 0 Å². The second-order valence-corrected chi connectivity index (χ2v) is 6.48. The Balaban J connectivity index is 1.73. The first-order valence-corrected chi connectivity index (χ1v) is 7.59. The molecule has 1 aromatic rings. The molecule has 1 atom stereocenters. The first-order chi connectivity index (χ1) is 9.29. The summed E-state index contributed by atoms with van der Waals surface area (Å²) in [7, 11) is 0. The second-order valence-electron chi connectivity index (χ2n) is 6.48. The van der Waals surface area contributed by atoms with Crippen LogP contribution in [-0.2, 0) is 11.2 Å². The van der Waals surface area contributed by atoms with Crippen molar-refractivity contribution in [3.63, 3.8) is 0 Å². The van der Waals surface area contributed by atoms with Gasteiger partial charge in [0.05, 0.1) is 5.41 Å². The van der Waals surface area contributed by atoms with Crippen molar-refractivity contribution in [2.75, 3.05) is 0 Å². The minimum absolute atomic E-state index is 0.0369. The van der Waals surface area contributed by atoms with E-state index in [2.05, 4.69) is 30.3 Å². The molecule has 1 spiro atoms. The zero-order chi connectivity index (χ0) is 12.9. The number of hydrogen-bond donors (Lipinski definition) is 0. The average Bonchev–Trinajstić information content (AvgIpc) is 3.16. The summed E-state index contributed by atoms with van der Waals surface area (Å²) in [6.45, 7) is 0. The molecule has 3 aliphatic rings. The Labute approximate surface area is 114 Å². The van der Waals surface area contributed by atoms with E-state index in [9.17, 15) is 4.79 Å². The van der Waals surface area contributed by atoms with Crippen LogP contribution in [0.4, 0.5) is 0 Å². The highest BCUT2D eigenvalue weighted by Gasteiger charge is 2.59. The van der Waals surface area contributed by atoms with Crippen molar-refractivity contribution in [3.8, 4) is 0 Å². The summed E-state index contributed by atoms with van der Waals surface area (Å²) >= 11 is 0. The number of carbonyl (C=O) groups excluding carboxylic acids is 1. The summed E-state index contributed by atoms with van der Waals surface area (Å²) in [4.78, 5) is 12.3. The molecular weight excluding hydrogens is 232 g/mol. The molecule has 1 aromatic carbocycles. The van der Waals surface area contributed by atoms with Gasteiger partial charge in [0.25, 0.3) is 0 Å².